The summed E-state index contributed by atoms with van der Waals surface area (Å²) in [4.78, 5) is 19.3. The van der Waals surface area contributed by atoms with Crippen molar-refractivity contribution in [3.63, 3.8) is 0 Å². The van der Waals surface area contributed by atoms with Gasteiger partial charge in [-0.25, -0.2) is 4.98 Å². The van der Waals surface area contributed by atoms with E-state index in [1.54, 1.807) is 11.8 Å². The second-order valence-corrected chi connectivity index (χ2v) is 9.40. The largest absolute Gasteiger partial charge is 0.347 e. The van der Waals surface area contributed by atoms with Crippen molar-refractivity contribution in [3.05, 3.63) is 52.2 Å². The minimum atomic E-state index is -0.479. The predicted molar refractivity (Wildman–Crippen MR) is 118 cm³/mol. The van der Waals surface area contributed by atoms with E-state index in [0.717, 1.165) is 21.7 Å². The normalized spacial score (nSPS) is 18.0. The zero-order chi connectivity index (χ0) is 21.3. The zero-order valence-electron chi connectivity index (χ0n) is 17.2. The van der Waals surface area contributed by atoms with Gasteiger partial charge in [-0.3, -0.25) is 9.36 Å². The standard InChI is InChI=1S/C21H23N5O3S2/c1-15-23-24-20(26(15)16-5-3-2-4-6-16)31-14-18-22-17(13-30-18)19(27)25-9-7-21(8-10-25)28-11-12-29-21/h2-6,13H,7-12,14H2,1H3. The highest BCUT2D eigenvalue weighted by Gasteiger charge is 2.41. The number of aryl methyl sites for hydroxylation is 1. The van der Waals surface area contributed by atoms with Crippen molar-refractivity contribution in [2.45, 2.75) is 36.5 Å². The molecule has 0 atom stereocenters. The fourth-order valence-corrected chi connectivity index (χ4v) is 5.69. The molecule has 0 radical (unpaired) electrons. The summed E-state index contributed by atoms with van der Waals surface area (Å²) in [5, 5.41) is 12.1. The number of hydrogen-bond acceptors (Lipinski definition) is 8. The molecule has 0 saturated carbocycles. The van der Waals surface area contributed by atoms with Gasteiger partial charge in [0.1, 0.15) is 16.5 Å². The summed E-state index contributed by atoms with van der Waals surface area (Å²) < 4.78 is 13.5. The van der Waals surface area contributed by atoms with Crippen LogP contribution in [-0.4, -0.2) is 62.6 Å². The maximum atomic E-state index is 12.9. The number of aromatic nitrogens is 4. The molecule has 2 aliphatic heterocycles. The van der Waals surface area contributed by atoms with Crippen molar-refractivity contribution in [1.82, 2.24) is 24.6 Å². The molecule has 2 saturated heterocycles. The zero-order valence-corrected chi connectivity index (χ0v) is 18.8. The molecule has 0 bridgehead atoms. The molecular weight excluding hydrogens is 434 g/mol. The first-order valence-electron chi connectivity index (χ1n) is 10.3. The van der Waals surface area contributed by atoms with Gasteiger partial charge in [-0.2, -0.15) is 0 Å². The Morgan fingerprint density at radius 3 is 2.65 bits per heavy atom. The molecule has 1 spiro atoms. The lowest BCUT2D eigenvalue weighted by Crippen LogP contribution is -2.47. The van der Waals surface area contributed by atoms with Crippen LogP contribution in [0.4, 0.5) is 0 Å². The number of carbonyl (C=O) groups excluding carboxylic acids is 1. The van der Waals surface area contributed by atoms with E-state index in [4.69, 9.17) is 9.47 Å². The Hall–Kier alpha value is -2.27. The number of piperidine rings is 1. The highest BCUT2D eigenvalue weighted by Crippen LogP contribution is 2.32. The van der Waals surface area contributed by atoms with Crippen LogP contribution in [0.15, 0.2) is 40.9 Å². The van der Waals surface area contributed by atoms with Crippen LogP contribution in [0.25, 0.3) is 5.69 Å². The number of thioether (sulfide) groups is 1. The van der Waals surface area contributed by atoms with E-state index < -0.39 is 5.79 Å². The maximum absolute atomic E-state index is 12.9. The molecule has 0 aliphatic carbocycles. The lowest BCUT2D eigenvalue weighted by Gasteiger charge is -2.37. The summed E-state index contributed by atoms with van der Waals surface area (Å²) in [6.07, 6.45) is 1.42. The average Bonchev–Trinajstić information content (AvgIpc) is 3.54. The van der Waals surface area contributed by atoms with Crippen LogP contribution in [-0.2, 0) is 15.2 Å². The number of para-hydroxylation sites is 1. The second kappa shape index (κ2) is 8.70. The SMILES string of the molecule is Cc1nnc(SCc2nc(C(=O)N3CCC4(CC3)OCCO4)cs2)n1-c1ccccc1. The van der Waals surface area contributed by atoms with Gasteiger partial charge in [-0.05, 0) is 19.1 Å². The van der Waals surface area contributed by atoms with Gasteiger partial charge in [0.25, 0.3) is 5.91 Å². The number of amides is 1. The Morgan fingerprint density at radius 2 is 1.90 bits per heavy atom. The van der Waals surface area contributed by atoms with Crippen LogP contribution in [0.2, 0.25) is 0 Å². The van der Waals surface area contributed by atoms with E-state index in [9.17, 15) is 4.79 Å². The van der Waals surface area contributed by atoms with E-state index in [2.05, 4.69) is 15.2 Å². The average molecular weight is 458 g/mol. The quantitative estimate of drug-likeness (QED) is 0.544. The van der Waals surface area contributed by atoms with Crippen LogP contribution >= 0.6 is 23.1 Å². The lowest BCUT2D eigenvalue weighted by molar-refractivity contribution is -0.181. The lowest BCUT2D eigenvalue weighted by atomic mass is 10.0. The molecule has 4 heterocycles. The number of rotatable bonds is 5. The molecule has 1 aromatic carbocycles. The van der Waals surface area contributed by atoms with Crippen molar-refractivity contribution < 1.29 is 14.3 Å². The Balaban J connectivity index is 1.22. The Morgan fingerprint density at radius 1 is 1.16 bits per heavy atom. The summed E-state index contributed by atoms with van der Waals surface area (Å²) in [6.45, 7) is 4.46. The number of carbonyl (C=O) groups is 1. The van der Waals surface area contributed by atoms with E-state index in [0.29, 0.717) is 50.6 Å². The summed E-state index contributed by atoms with van der Waals surface area (Å²) in [5.74, 6) is 0.965. The van der Waals surface area contributed by atoms with E-state index in [1.165, 1.54) is 11.3 Å². The number of benzene rings is 1. The first kappa shape index (κ1) is 20.6. The molecule has 2 aromatic heterocycles. The van der Waals surface area contributed by atoms with E-state index >= 15 is 0 Å². The molecule has 0 unspecified atom stereocenters. The molecule has 1 amide bonds. The third-order valence-corrected chi connectivity index (χ3v) is 7.50. The predicted octanol–water partition coefficient (Wildman–Crippen LogP) is 3.30. The molecule has 31 heavy (non-hydrogen) atoms. The van der Waals surface area contributed by atoms with Gasteiger partial charge >= 0.3 is 0 Å². The fourth-order valence-electron chi connectivity index (χ4n) is 3.91. The van der Waals surface area contributed by atoms with Crippen LogP contribution in [0.1, 0.15) is 34.2 Å². The van der Waals surface area contributed by atoms with Crippen molar-refractivity contribution in [2.75, 3.05) is 26.3 Å². The third kappa shape index (κ3) is 4.25. The first-order chi connectivity index (χ1) is 15.1. The van der Waals surface area contributed by atoms with Gasteiger partial charge in [-0.1, -0.05) is 30.0 Å². The highest BCUT2D eigenvalue weighted by atomic mass is 32.2. The maximum Gasteiger partial charge on any atom is 0.273 e. The van der Waals surface area contributed by atoms with Crippen molar-refractivity contribution in [3.8, 4) is 5.69 Å². The van der Waals surface area contributed by atoms with E-state index in [-0.39, 0.29) is 5.91 Å². The van der Waals surface area contributed by atoms with Gasteiger partial charge in [0.2, 0.25) is 0 Å². The minimum Gasteiger partial charge on any atom is -0.347 e. The number of hydrogen-bond donors (Lipinski definition) is 0. The summed E-state index contributed by atoms with van der Waals surface area (Å²) in [5.41, 5.74) is 1.53. The molecule has 5 rings (SSSR count). The van der Waals surface area contributed by atoms with E-state index in [1.807, 2.05) is 52.1 Å². The van der Waals surface area contributed by atoms with Crippen molar-refractivity contribution >= 4 is 29.0 Å². The van der Waals surface area contributed by atoms with Crippen LogP contribution in [0, 0.1) is 6.92 Å². The highest BCUT2D eigenvalue weighted by molar-refractivity contribution is 7.98. The number of likely N-dealkylation sites (tertiary alicyclic amines) is 1. The molecule has 10 heteroatoms. The van der Waals surface area contributed by atoms with Crippen LogP contribution < -0.4 is 0 Å². The first-order valence-corrected chi connectivity index (χ1v) is 12.1. The van der Waals surface area contributed by atoms with Crippen LogP contribution in [0.5, 0.6) is 0 Å². The topological polar surface area (TPSA) is 82.4 Å². The Bertz CT molecular complexity index is 1050. The fraction of sp³-hybridized carbons (Fsp3) is 0.429. The van der Waals surface area contributed by atoms with Crippen molar-refractivity contribution in [1.29, 1.82) is 0 Å². The smallest absolute Gasteiger partial charge is 0.273 e. The van der Waals surface area contributed by atoms with Gasteiger partial charge in [0, 0.05) is 37.0 Å². The van der Waals surface area contributed by atoms with Crippen LogP contribution in [0.3, 0.4) is 0 Å². The summed E-state index contributed by atoms with van der Waals surface area (Å²) in [7, 11) is 0. The minimum absolute atomic E-state index is 0.0244. The third-order valence-electron chi connectivity index (χ3n) is 5.53. The van der Waals surface area contributed by atoms with Gasteiger partial charge in [-0.15, -0.1) is 21.5 Å². The molecule has 2 fully saturated rings. The molecule has 8 nitrogen and oxygen atoms in total. The molecule has 3 aromatic rings. The van der Waals surface area contributed by atoms with Gasteiger partial charge < -0.3 is 14.4 Å². The Labute approximate surface area is 188 Å². The van der Waals surface area contributed by atoms with Gasteiger partial charge in [0.05, 0.1) is 19.0 Å². The Kier molecular flexibility index (Phi) is 5.79. The summed E-state index contributed by atoms with van der Waals surface area (Å²) in [6, 6.07) is 10.0. The molecule has 0 N–H and O–H groups in total. The van der Waals surface area contributed by atoms with Gasteiger partial charge in [0.15, 0.2) is 10.9 Å². The second-order valence-electron chi connectivity index (χ2n) is 7.52. The summed E-state index contributed by atoms with van der Waals surface area (Å²) >= 11 is 3.07. The number of nitrogens with zero attached hydrogens (tertiary/aromatic N) is 5. The number of ether oxygens (including phenoxy) is 2. The molecule has 2 aliphatic rings. The molecular formula is C21H23N5O3S2. The van der Waals surface area contributed by atoms with Crippen molar-refractivity contribution in [2.24, 2.45) is 0 Å². The number of thiazole rings is 1. The monoisotopic (exact) mass is 457 g/mol. The molecule has 162 valence electrons.